The van der Waals surface area contributed by atoms with Gasteiger partial charge in [-0.15, -0.1) is 0 Å². The molecule has 1 N–H and O–H groups in total. The van der Waals surface area contributed by atoms with Crippen LogP contribution in [0, 0.1) is 13.8 Å². The van der Waals surface area contributed by atoms with Gasteiger partial charge in [0.1, 0.15) is 6.61 Å². The number of benzene rings is 1. The third kappa shape index (κ3) is 3.66. The Morgan fingerprint density at radius 1 is 1.04 bits per heavy atom. The van der Waals surface area contributed by atoms with Crippen LogP contribution in [0.25, 0.3) is 11.1 Å². The second-order valence-electron chi connectivity index (χ2n) is 5.74. The van der Waals surface area contributed by atoms with E-state index < -0.39 is 5.97 Å². The fourth-order valence-electron chi connectivity index (χ4n) is 2.56. The Morgan fingerprint density at radius 3 is 2.44 bits per heavy atom. The summed E-state index contributed by atoms with van der Waals surface area (Å²) in [5, 5.41) is 9.43. The van der Waals surface area contributed by atoms with Gasteiger partial charge >= 0.3 is 5.97 Å². The number of hydrogen-bond donors (Lipinski definition) is 1. The van der Waals surface area contributed by atoms with Gasteiger partial charge in [-0.3, -0.25) is 4.98 Å². The van der Waals surface area contributed by atoms with Crippen molar-refractivity contribution in [2.45, 2.75) is 20.5 Å². The lowest BCUT2D eigenvalue weighted by Crippen LogP contribution is -2.08. The van der Waals surface area contributed by atoms with E-state index in [1.165, 1.54) is 0 Å². The molecule has 0 aliphatic heterocycles. The largest absolute Gasteiger partial charge is 0.486 e. The molecule has 1 aromatic carbocycles. The molecule has 2 aromatic heterocycles. The fourth-order valence-corrected chi connectivity index (χ4v) is 2.56. The van der Waals surface area contributed by atoms with Gasteiger partial charge in [0.15, 0.2) is 11.4 Å². The van der Waals surface area contributed by atoms with Crippen LogP contribution in [0.2, 0.25) is 0 Å². The first-order valence-electron chi connectivity index (χ1n) is 7.89. The molecular weight excluding hydrogens is 316 g/mol. The molecule has 0 aliphatic rings. The summed E-state index contributed by atoms with van der Waals surface area (Å²) < 4.78 is 5.84. The number of carbonyl (C=O) groups is 1. The Kier molecular flexibility index (Phi) is 4.75. The van der Waals surface area contributed by atoms with E-state index in [0.717, 1.165) is 27.9 Å². The minimum Gasteiger partial charge on any atom is -0.486 e. The van der Waals surface area contributed by atoms with Gasteiger partial charge in [-0.05, 0) is 25.5 Å². The highest BCUT2D eigenvalue weighted by Gasteiger charge is 2.19. The zero-order valence-electron chi connectivity index (χ0n) is 14.1. The van der Waals surface area contributed by atoms with Crippen molar-refractivity contribution >= 4 is 5.97 Å². The maximum atomic E-state index is 11.5. The predicted octanol–water partition coefficient (Wildman–Crippen LogP) is 4.04. The van der Waals surface area contributed by atoms with Crippen LogP contribution in [0.1, 0.15) is 27.3 Å². The molecule has 0 saturated carbocycles. The second kappa shape index (κ2) is 7.13. The van der Waals surface area contributed by atoms with Gasteiger partial charge in [0.05, 0.1) is 0 Å². The minimum atomic E-state index is -1.11. The van der Waals surface area contributed by atoms with Gasteiger partial charge in [0, 0.05) is 34.8 Å². The van der Waals surface area contributed by atoms with Crippen molar-refractivity contribution < 1.29 is 14.6 Å². The van der Waals surface area contributed by atoms with Gasteiger partial charge in [0.2, 0.25) is 0 Å². The first-order chi connectivity index (χ1) is 12.1. The zero-order valence-corrected chi connectivity index (χ0v) is 14.1. The molecule has 0 amide bonds. The van der Waals surface area contributed by atoms with E-state index in [-0.39, 0.29) is 18.1 Å². The van der Waals surface area contributed by atoms with Crippen LogP contribution < -0.4 is 4.74 Å². The van der Waals surface area contributed by atoms with Crippen molar-refractivity contribution in [3.8, 4) is 16.9 Å². The number of rotatable bonds is 5. The van der Waals surface area contributed by atoms with Crippen molar-refractivity contribution in [2.75, 3.05) is 0 Å². The lowest BCUT2D eigenvalue weighted by molar-refractivity contribution is 0.0684. The predicted molar refractivity (Wildman–Crippen MR) is 94.7 cm³/mol. The van der Waals surface area contributed by atoms with Crippen LogP contribution in [0.15, 0.2) is 54.9 Å². The molecular formula is C20H18N2O3. The highest BCUT2D eigenvalue weighted by Crippen LogP contribution is 2.32. The normalized spacial score (nSPS) is 10.5. The minimum absolute atomic E-state index is 0.0859. The van der Waals surface area contributed by atoms with E-state index in [4.69, 9.17) is 4.74 Å². The molecule has 0 spiro atoms. The molecule has 0 bridgehead atoms. The summed E-state index contributed by atoms with van der Waals surface area (Å²) >= 11 is 0. The number of hydrogen-bond acceptors (Lipinski definition) is 4. The molecule has 126 valence electrons. The number of pyridine rings is 2. The molecule has 0 aliphatic carbocycles. The van der Waals surface area contributed by atoms with Gasteiger partial charge < -0.3 is 9.84 Å². The van der Waals surface area contributed by atoms with E-state index in [1.807, 2.05) is 56.3 Å². The highest BCUT2D eigenvalue weighted by atomic mass is 16.5. The summed E-state index contributed by atoms with van der Waals surface area (Å²) in [5.74, 6) is -0.825. The van der Waals surface area contributed by atoms with Gasteiger partial charge in [-0.2, -0.15) is 0 Å². The topological polar surface area (TPSA) is 72.3 Å². The van der Waals surface area contributed by atoms with Crippen LogP contribution in [0.3, 0.4) is 0 Å². The van der Waals surface area contributed by atoms with Gasteiger partial charge in [-0.25, -0.2) is 9.78 Å². The SMILES string of the molecule is Cc1ccc(-c2cnc(C(=O)O)c(OCc3ccccc3)c2C)cn1. The van der Waals surface area contributed by atoms with Gasteiger partial charge in [0.25, 0.3) is 0 Å². The highest BCUT2D eigenvalue weighted by molar-refractivity contribution is 5.90. The number of aromatic nitrogens is 2. The first-order valence-corrected chi connectivity index (χ1v) is 7.89. The number of nitrogens with zero attached hydrogens (tertiary/aromatic N) is 2. The van der Waals surface area contributed by atoms with Crippen LogP contribution in [-0.4, -0.2) is 21.0 Å². The van der Waals surface area contributed by atoms with Crippen molar-refractivity contribution in [2.24, 2.45) is 0 Å². The molecule has 25 heavy (non-hydrogen) atoms. The molecule has 0 radical (unpaired) electrons. The number of carboxylic acids is 1. The van der Waals surface area contributed by atoms with Crippen LogP contribution in [-0.2, 0) is 6.61 Å². The second-order valence-corrected chi connectivity index (χ2v) is 5.74. The third-order valence-electron chi connectivity index (χ3n) is 3.93. The Labute approximate surface area is 146 Å². The van der Waals surface area contributed by atoms with Crippen LogP contribution in [0.5, 0.6) is 5.75 Å². The van der Waals surface area contributed by atoms with E-state index >= 15 is 0 Å². The Bertz CT molecular complexity index is 891. The molecule has 3 aromatic rings. The molecule has 2 heterocycles. The Balaban J connectivity index is 2.00. The summed E-state index contributed by atoms with van der Waals surface area (Å²) in [6.07, 6.45) is 3.31. The number of ether oxygens (including phenoxy) is 1. The molecule has 3 rings (SSSR count). The summed E-state index contributed by atoms with van der Waals surface area (Å²) in [7, 11) is 0. The summed E-state index contributed by atoms with van der Waals surface area (Å²) in [6, 6.07) is 13.4. The quantitative estimate of drug-likeness (QED) is 0.762. The Morgan fingerprint density at radius 2 is 1.80 bits per heavy atom. The van der Waals surface area contributed by atoms with Gasteiger partial charge in [-0.1, -0.05) is 36.4 Å². The first kappa shape index (κ1) is 16.6. The van der Waals surface area contributed by atoms with Crippen molar-refractivity contribution in [1.82, 2.24) is 9.97 Å². The third-order valence-corrected chi connectivity index (χ3v) is 3.93. The van der Waals surface area contributed by atoms with E-state index in [1.54, 1.807) is 12.4 Å². The lowest BCUT2D eigenvalue weighted by atomic mass is 10.0. The maximum absolute atomic E-state index is 11.5. The molecule has 5 heteroatoms. The fraction of sp³-hybridized carbons (Fsp3) is 0.150. The molecule has 0 saturated heterocycles. The summed E-state index contributed by atoms with van der Waals surface area (Å²) in [6.45, 7) is 4.03. The van der Waals surface area contributed by atoms with E-state index in [9.17, 15) is 9.90 Å². The number of aryl methyl sites for hydroxylation is 1. The average molecular weight is 334 g/mol. The molecule has 5 nitrogen and oxygen atoms in total. The number of aromatic carboxylic acids is 1. The van der Waals surface area contributed by atoms with Crippen LogP contribution in [0.4, 0.5) is 0 Å². The summed E-state index contributed by atoms with van der Waals surface area (Å²) in [5.41, 5.74) is 4.20. The summed E-state index contributed by atoms with van der Waals surface area (Å²) in [4.78, 5) is 19.9. The standard InChI is InChI=1S/C20H18N2O3/c1-13-8-9-16(10-21-13)17-11-22-18(20(23)24)19(14(17)2)25-12-15-6-4-3-5-7-15/h3-11H,12H2,1-2H3,(H,23,24). The Hall–Kier alpha value is -3.21. The van der Waals surface area contributed by atoms with E-state index in [0.29, 0.717) is 0 Å². The number of carboxylic acid groups (broad SMARTS) is 1. The monoisotopic (exact) mass is 334 g/mol. The zero-order chi connectivity index (χ0) is 17.8. The molecule has 0 fully saturated rings. The van der Waals surface area contributed by atoms with Crippen molar-refractivity contribution in [3.63, 3.8) is 0 Å². The van der Waals surface area contributed by atoms with Crippen molar-refractivity contribution in [1.29, 1.82) is 0 Å². The van der Waals surface area contributed by atoms with Crippen LogP contribution >= 0.6 is 0 Å². The maximum Gasteiger partial charge on any atom is 0.358 e. The lowest BCUT2D eigenvalue weighted by Gasteiger charge is -2.15. The smallest absolute Gasteiger partial charge is 0.358 e. The van der Waals surface area contributed by atoms with Crippen molar-refractivity contribution in [3.05, 3.63) is 77.4 Å². The molecule has 0 unspecified atom stereocenters. The van der Waals surface area contributed by atoms with E-state index in [2.05, 4.69) is 9.97 Å². The molecule has 0 atom stereocenters. The average Bonchev–Trinajstić information content (AvgIpc) is 2.62.